The Morgan fingerprint density at radius 3 is 2.82 bits per heavy atom. The molecule has 1 aliphatic rings. The fourth-order valence-corrected chi connectivity index (χ4v) is 2.33. The Bertz CT molecular complexity index is 540. The molecule has 17 heavy (non-hydrogen) atoms. The Morgan fingerprint density at radius 2 is 2.12 bits per heavy atom. The predicted molar refractivity (Wildman–Crippen MR) is 70.2 cm³/mol. The van der Waals surface area contributed by atoms with Crippen LogP contribution in [0.2, 0.25) is 0 Å². The van der Waals surface area contributed by atoms with Crippen molar-refractivity contribution in [3.63, 3.8) is 0 Å². The highest BCUT2D eigenvalue weighted by Gasteiger charge is 2.41. The molecule has 1 aliphatic carbocycles. The van der Waals surface area contributed by atoms with E-state index in [9.17, 15) is 5.11 Å². The van der Waals surface area contributed by atoms with Crippen molar-refractivity contribution in [2.45, 2.75) is 12.8 Å². The molecule has 0 amide bonds. The second kappa shape index (κ2) is 3.77. The summed E-state index contributed by atoms with van der Waals surface area (Å²) in [6.45, 7) is 1.17. The molecule has 0 unspecified atom stereocenters. The highest BCUT2D eigenvalue weighted by atomic mass is 16.3. The van der Waals surface area contributed by atoms with Crippen LogP contribution in [-0.2, 0) is 7.05 Å². The van der Waals surface area contributed by atoms with Gasteiger partial charge >= 0.3 is 0 Å². The summed E-state index contributed by atoms with van der Waals surface area (Å²) in [5.74, 6) is 0. The van der Waals surface area contributed by atoms with E-state index in [1.54, 1.807) is 0 Å². The molecule has 3 nitrogen and oxygen atoms in total. The van der Waals surface area contributed by atoms with Gasteiger partial charge in [-0.25, -0.2) is 0 Å². The molecule has 0 aliphatic heterocycles. The quantitative estimate of drug-likeness (QED) is 0.846. The van der Waals surface area contributed by atoms with E-state index in [2.05, 4.69) is 47.4 Å². The maximum Gasteiger partial charge on any atom is 0.0600 e. The number of aliphatic hydroxyl groups is 1. The van der Waals surface area contributed by atoms with E-state index in [1.165, 1.54) is 16.6 Å². The minimum Gasteiger partial charge on any atom is -0.396 e. The molecular weight excluding hydrogens is 212 g/mol. The van der Waals surface area contributed by atoms with Gasteiger partial charge in [-0.3, -0.25) is 0 Å². The van der Waals surface area contributed by atoms with Crippen molar-refractivity contribution in [2.75, 3.05) is 18.5 Å². The summed E-state index contributed by atoms with van der Waals surface area (Å²) in [4.78, 5) is 0. The molecule has 0 atom stereocenters. The molecule has 0 bridgehead atoms. The SMILES string of the molecule is Cn1cc(NCC2(CO)CC2)c2ccccc21. The Morgan fingerprint density at radius 1 is 1.35 bits per heavy atom. The van der Waals surface area contributed by atoms with Gasteiger partial charge in [0.05, 0.1) is 12.3 Å². The second-order valence-electron chi connectivity index (χ2n) is 5.18. The zero-order valence-electron chi connectivity index (χ0n) is 10.1. The molecule has 3 rings (SSSR count). The van der Waals surface area contributed by atoms with Gasteiger partial charge in [0.2, 0.25) is 0 Å². The third-order valence-electron chi connectivity index (χ3n) is 3.84. The van der Waals surface area contributed by atoms with Crippen LogP contribution in [0.4, 0.5) is 5.69 Å². The van der Waals surface area contributed by atoms with Crippen molar-refractivity contribution in [1.29, 1.82) is 0 Å². The number of nitrogens with one attached hydrogen (secondary N) is 1. The topological polar surface area (TPSA) is 37.2 Å². The Kier molecular flexibility index (Phi) is 2.37. The van der Waals surface area contributed by atoms with E-state index < -0.39 is 0 Å². The smallest absolute Gasteiger partial charge is 0.0600 e. The number of aromatic nitrogens is 1. The Labute approximate surface area is 101 Å². The maximum atomic E-state index is 9.31. The minimum atomic E-state index is 0.150. The molecule has 1 aromatic heterocycles. The monoisotopic (exact) mass is 230 g/mol. The molecule has 0 spiro atoms. The van der Waals surface area contributed by atoms with Crippen molar-refractivity contribution in [3.8, 4) is 0 Å². The fraction of sp³-hybridized carbons (Fsp3) is 0.429. The van der Waals surface area contributed by atoms with E-state index in [-0.39, 0.29) is 5.41 Å². The van der Waals surface area contributed by atoms with E-state index in [1.807, 2.05) is 0 Å². The van der Waals surface area contributed by atoms with Crippen LogP contribution in [0.15, 0.2) is 30.5 Å². The zero-order valence-corrected chi connectivity index (χ0v) is 10.1. The molecule has 2 N–H and O–H groups in total. The first-order chi connectivity index (χ1) is 8.24. The molecule has 2 aromatic rings. The number of nitrogens with zero attached hydrogens (tertiary/aromatic N) is 1. The second-order valence-corrected chi connectivity index (χ2v) is 5.18. The number of hydrogen-bond acceptors (Lipinski definition) is 2. The normalized spacial score (nSPS) is 17.3. The average Bonchev–Trinajstić information content (AvgIpc) is 3.08. The molecule has 1 saturated carbocycles. The van der Waals surface area contributed by atoms with Crippen molar-refractivity contribution in [1.82, 2.24) is 4.57 Å². The molecule has 1 aromatic carbocycles. The summed E-state index contributed by atoms with van der Waals surface area (Å²) in [7, 11) is 2.06. The van der Waals surface area contributed by atoms with Crippen molar-refractivity contribution in [3.05, 3.63) is 30.5 Å². The zero-order chi connectivity index (χ0) is 11.9. The fourth-order valence-electron chi connectivity index (χ4n) is 2.33. The van der Waals surface area contributed by atoms with Gasteiger partial charge in [0, 0.05) is 36.1 Å². The van der Waals surface area contributed by atoms with E-state index >= 15 is 0 Å². The van der Waals surface area contributed by atoms with Crippen LogP contribution in [-0.4, -0.2) is 22.8 Å². The van der Waals surface area contributed by atoms with Crippen LogP contribution < -0.4 is 5.32 Å². The van der Waals surface area contributed by atoms with E-state index in [4.69, 9.17) is 0 Å². The third-order valence-corrected chi connectivity index (χ3v) is 3.84. The summed E-state index contributed by atoms with van der Waals surface area (Å²) in [5, 5.41) is 14.0. The van der Waals surface area contributed by atoms with Crippen molar-refractivity contribution >= 4 is 16.6 Å². The molecule has 3 heteroatoms. The number of rotatable bonds is 4. The van der Waals surface area contributed by atoms with Gasteiger partial charge in [0.1, 0.15) is 0 Å². The number of anilines is 1. The molecule has 0 saturated heterocycles. The summed E-state index contributed by atoms with van der Waals surface area (Å²) >= 11 is 0. The standard InChI is InChI=1S/C14H18N2O/c1-16-8-12(11-4-2-3-5-13(11)16)15-9-14(10-17)6-7-14/h2-5,8,15,17H,6-7,9-10H2,1H3. The molecular formula is C14H18N2O. The lowest BCUT2D eigenvalue weighted by atomic mass is 10.1. The first-order valence-electron chi connectivity index (χ1n) is 6.13. The minimum absolute atomic E-state index is 0.150. The molecule has 1 fully saturated rings. The van der Waals surface area contributed by atoms with Crippen LogP contribution in [0.5, 0.6) is 0 Å². The van der Waals surface area contributed by atoms with Gasteiger partial charge in [-0.15, -0.1) is 0 Å². The predicted octanol–water partition coefficient (Wildman–Crippen LogP) is 2.36. The van der Waals surface area contributed by atoms with Gasteiger partial charge in [-0.2, -0.15) is 0 Å². The number of benzene rings is 1. The van der Waals surface area contributed by atoms with Crippen LogP contribution in [0.3, 0.4) is 0 Å². The van der Waals surface area contributed by atoms with E-state index in [0.717, 1.165) is 19.4 Å². The first-order valence-corrected chi connectivity index (χ1v) is 6.13. The van der Waals surface area contributed by atoms with Gasteiger partial charge in [-0.05, 0) is 18.9 Å². The lowest BCUT2D eigenvalue weighted by molar-refractivity contribution is 0.220. The summed E-state index contributed by atoms with van der Waals surface area (Å²) in [6.07, 6.45) is 4.40. The highest BCUT2D eigenvalue weighted by Crippen LogP contribution is 2.45. The van der Waals surface area contributed by atoms with E-state index in [0.29, 0.717) is 6.61 Å². The lowest BCUT2D eigenvalue weighted by Crippen LogP contribution is -2.18. The number of aliphatic hydroxyl groups excluding tert-OH is 1. The average molecular weight is 230 g/mol. The molecule has 0 radical (unpaired) electrons. The molecule has 90 valence electrons. The summed E-state index contributed by atoms with van der Waals surface area (Å²) in [5.41, 5.74) is 2.56. The number of hydrogen-bond donors (Lipinski definition) is 2. The van der Waals surface area contributed by atoms with Crippen LogP contribution in [0, 0.1) is 5.41 Å². The maximum absolute atomic E-state index is 9.31. The van der Waals surface area contributed by atoms with Gasteiger partial charge < -0.3 is 15.0 Å². The summed E-state index contributed by atoms with van der Waals surface area (Å²) in [6, 6.07) is 8.38. The molecule has 1 heterocycles. The van der Waals surface area contributed by atoms with Gasteiger partial charge in [0.25, 0.3) is 0 Å². The lowest BCUT2D eigenvalue weighted by Gasteiger charge is -2.12. The van der Waals surface area contributed by atoms with Gasteiger partial charge in [-0.1, -0.05) is 18.2 Å². The third kappa shape index (κ3) is 1.80. The summed E-state index contributed by atoms with van der Waals surface area (Å²) < 4.78 is 2.14. The van der Waals surface area contributed by atoms with Crippen molar-refractivity contribution in [2.24, 2.45) is 12.5 Å². The number of para-hydroxylation sites is 1. The van der Waals surface area contributed by atoms with Gasteiger partial charge in [0.15, 0.2) is 0 Å². The first kappa shape index (κ1) is 10.7. The highest BCUT2D eigenvalue weighted by molar-refractivity contribution is 5.92. The van der Waals surface area contributed by atoms with Crippen LogP contribution in [0.1, 0.15) is 12.8 Å². The number of aryl methyl sites for hydroxylation is 1. The Hall–Kier alpha value is -1.48. The number of fused-ring (bicyclic) bond motifs is 1. The van der Waals surface area contributed by atoms with Crippen LogP contribution in [0.25, 0.3) is 10.9 Å². The largest absolute Gasteiger partial charge is 0.396 e. The van der Waals surface area contributed by atoms with Crippen molar-refractivity contribution < 1.29 is 5.11 Å². The Balaban J connectivity index is 1.85. The van der Waals surface area contributed by atoms with Crippen LogP contribution >= 0.6 is 0 Å².